The molecule has 2 rings (SSSR count). The third-order valence-corrected chi connectivity index (χ3v) is 5.58. The van der Waals surface area contributed by atoms with Crippen LogP contribution in [0.5, 0.6) is 0 Å². The molecule has 1 aliphatic rings. The second-order valence-corrected chi connectivity index (χ2v) is 8.94. The lowest BCUT2D eigenvalue weighted by Gasteiger charge is -2.40. The van der Waals surface area contributed by atoms with Gasteiger partial charge >= 0.3 is 6.09 Å². The molecule has 0 aromatic heterocycles. The molecule has 1 heterocycles. The van der Waals surface area contributed by atoms with Crippen LogP contribution in [0.2, 0.25) is 0 Å². The van der Waals surface area contributed by atoms with Crippen molar-refractivity contribution in [1.29, 1.82) is 0 Å². The molecule has 5 heteroatoms. The fourth-order valence-electron chi connectivity index (χ4n) is 3.79. The molecule has 28 heavy (non-hydrogen) atoms. The molecule has 4 nitrogen and oxygen atoms in total. The van der Waals surface area contributed by atoms with Gasteiger partial charge in [0.2, 0.25) is 0 Å². The Labute approximate surface area is 170 Å². The van der Waals surface area contributed by atoms with Crippen LogP contribution in [0.15, 0.2) is 24.3 Å². The van der Waals surface area contributed by atoms with E-state index in [1.54, 1.807) is 0 Å². The van der Waals surface area contributed by atoms with Gasteiger partial charge < -0.3 is 9.64 Å². The summed E-state index contributed by atoms with van der Waals surface area (Å²) in [5, 5.41) is 0. The molecule has 0 atom stereocenters. The summed E-state index contributed by atoms with van der Waals surface area (Å²) in [5.41, 5.74) is 0.680. The first-order chi connectivity index (χ1) is 13.2. The van der Waals surface area contributed by atoms with E-state index in [0.717, 1.165) is 57.4 Å². The number of rotatable bonds is 7. The molecule has 0 unspecified atom stereocenters. The Morgan fingerprint density at radius 2 is 1.75 bits per heavy atom. The van der Waals surface area contributed by atoms with Crippen molar-refractivity contribution in [3.63, 3.8) is 0 Å². The van der Waals surface area contributed by atoms with Crippen LogP contribution < -0.4 is 0 Å². The zero-order valence-corrected chi connectivity index (χ0v) is 18.2. The van der Waals surface area contributed by atoms with Crippen LogP contribution in [0, 0.1) is 11.7 Å². The lowest BCUT2D eigenvalue weighted by atomic mass is 9.97. The van der Waals surface area contributed by atoms with Crippen molar-refractivity contribution in [1.82, 2.24) is 9.80 Å². The van der Waals surface area contributed by atoms with E-state index in [9.17, 15) is 9.18 Å². The van der Waals surface area contributed by atoms with E-state index in [1.807, 2.05) is 37.8 Å². The van der Waals surface area contributed by atoms with Crippen molar-refractivity contribution >= 4 is 6.09 Å². The monoisotopic (exact) mass is 392 g/mol. The number of hydrogen-bond donors (Lipinski definition) is 0. The summed E-state index contributed by atoms with van der Waals surface area (Å²) in [7, 11) is 0. The molecule has 0 radical (unpaired) electrons. The van der Waals surface area contributed by atoms with Gasteiger partial charge in [-0.3, -0.25) is 4.90 Å². The van der Waals surface area contributed by atoms with Gasteiger partial charge in [-0.2, -0.15) is 0 Å². The quantitative estimate of drug-likeness (QED) is 0.617. The lowest BCUT2D eigenvalue weighted by molar-refractivity contribution is 0.0124. The van der Waals surface area contributed by atoms with E-state index < -0.39 is 5.60 Å². The molecule has 1 aliphatic heterocycles. The number of hydrogen-bond acceptors (Lipinski definition) is 3. The first kappa shape index (κ1) is 22.7. The Morgan fingerprint density at radius 1 is 1.18 bits per heavy atom. The fraction of sp³-hybridized carbons (Fsp3) is 0.696. The van der Waals surface area contributed by atoms with E-state index in [0.29, 0.717) is 12.0 Å². The fourth-order valence-corrected chi connectivity index (χ4v) is 3.79. The van der Waals surface area contributed by atoms with Gasteiger partial charge in [0.25, 0.3) is 0 Å². The standard InChI is InChI=1S/C23H37FN2O2/c1-6-18(7-2)16-26(17-19-8-10-20(24)11-9-19)21-12-14-25(15-13-21)22(27)28-23(3,4)5/h8-11,18,21H,6-7,12-17H2,1-5H3. The molecule has 0 N–H and O–H groups in total. The molecule has 1 fully saturated rings. The summed E-state index contributed by atoms with van der Waals surface area (Å²) in [5.74, 6) is 0.463. The third kappa shape index (κ3) is 7.08. The largest absolute Gasteiger partial charge is 0.444 e. The minimum atomic E-state index is -0.460. The van der Waals surface area contributed by atoms with E-state index >= 15 is 0 Å². The van der Waals surface area contributed by atoms with Gasteiger partial charge in [-0.15, -0.1) is 0 Å². The van der Waals surface area contributed by atoms with Gasteiger partial charge in [-0.1, -0.05) is 38.8 Å². The molecule has 0 aliphatic carbocycles. The molecular formula is C23H37FN2O2. The van der Waals surface area contributed by atoms with E-state index in [4.69, 9.17) is 4.74 Å². The van der Waals surface area contributed by atoms with Crippen LogP contribution in [-0.4, -0.2) is 47.2 Å². The molecule has 1 aromatic carbocycles. The molecular weight excluding hydrogens is 355 g/mol. The minimum Gasteiger partial charge on any atom is -0.444 e. The highest BCUT2D eigenvalue weighted by Crippen LogP contribution is 2.23. The number of benzene rings is 1. The van der Waals surface area contributed by atoms with Crippen molar-refractivity contribution in [2.75, 3.05) is 19.6 Å². The van der Waals surface area contributed by atoms with E-state index in [1.165, 1.54) is 12.1 Å². The average Bonchev–Trinajstić information content (AvgIpc) is 2.65. The molecule has 0 bridgehead atoms. The van der Waals surface area contributed by atoms with Gasteiger partial charge in [0.1, 0.15) is 11.4 Å². The Balaban J connectivity index is 2.01. The topological polar surface area (TPSA) is 32.8 Å². The number of halogens is 1. The van der Waals surface area contributed by atoms with Crippen molar-refractivity contribution in [3.8, 4) is 0 Å². The van der Waals surface area contributed by atoms with Gasteiger partial charge in [-0.05, 0) is 57.2 Å². The van der Waals surface area contributed by atoms with Crippen LogP contribution in [-0.2, 0) is 11.3 Å². The summed E-state index contributed by atoms with van der Waals surface area (Å²) in [4.78, 5) is 16.7. The maximum atomic E-state index is 13.3. The first-order valence-electron chi connectivity index (χ1n) is 10.7. The second kappa shape index (κ2) is 10.2. The van der Waals surface area contributed by atoms with Crippen molar-refractivity contribution in [3.05, 3.63) is 35.6 Å². The maximum Gasteiger partial charge on any atom is 0.410 e. The molecule has 1 amide bonds. The van der Waals surface area contributed by atoms with Gasteiger partial charge in [0.15, 0.2) is 0 Å². The number of likely N-dealkylation sites (tertiary alicyclic amines) is 1. The van der Waals surface area contributed by atoms with Gasteiger partial charge in [0, 0.05) is 32.2 Å². The summed E-state index contributed by atoms with van der Waals surface area (Å²) in [6, 6.07) is 7.27. The highest BCUT2D eigenvalue weighted by atomic mass is 19.1. The number of carbonyl (C=O) groups excluding carboxylic acids is 1. The lowest BCUT2D eigenvalue weighted by Crippen LogP contribution is -2.48. The minimum absolute atomic E-state index is 0.194. The Morgan fingerprint density at radius 3 is 2.25 bits per heavy atom. The Kier molecular flexibility index (Phi) is 8.29. The number of nitrogens with zero attached hydrogens (tertiary/aromatic N) is 2. The van der Waals surface area contributed by atoms with Crippen LogP contribution in [0.25, 0.3) is 0 Å². The predicted molar refractivity (Wildman–Crippen MR) is 112 cm³/mol. The summed E-state index contributed by atoms with van der Waals surface area (Å²) in [6.07, 6.45) is 4.00. The van der Waals surface area contributed by atoms with Crippen LogP contribution in [0.3, 0.4) is 0 Å². The molecule has 158 valence electrons. The molecule has 0 saturated carbocycles. The van der Waals surface area contributed by atoms with Crippen molar-refractivity contribution in [2.45, 2.75) is 78.5 Å². The van der Waals surface area contributed by atoms with Gasteiger partial charge in [0.05, 0.1) is 0 Å². The van der Waals surface area contributed by atoms with Crippen molar-refractivity contribution in [2.24, 2.45) is 5.92 Å². The summed E-state index contributed by atoms with van der Waals surface area (Å²) < 4.78 is 18.8. The number of ether oxygens (including phenoxy) is 1. The zero-order chi connectivity index (χ0) is 20.7. The highest BCUT2D eigenvalue weighted by Gasteiger charge is 2.30. The van der Waals surface area contributed by atoms with E-state index in [-0.39, 0.29) is 11.9 Å². The maximum absolute atomic E-state index is 13.3. The smallest absolute Gasteiger partial charge is 0.410 e. The van der Waals surface area contributed by atoms with Crippen LogP contribution in [0.4, 0.5) is 9.18 Å². The summed E-state index contributed by atoms with van der Waals surface area (Å²) in [6.45, 7) is 13.5. The van der Waals surface area contributed by atoms with Crippen LogP contribution >= 0.6 is 0 Å². The van der Waals surface area contributed by atoms with E-state index in [2.05, 4.69) is 18.7 Å². The average molecular weight is 393 g/mol. The highest BCUT2D eigenvalue weighted by molar-refractivity contribution is 5.68. The van der Waals surface area contributed by atoms with Gasteiger partial charge in [-0.25, -0.2) is 9.18 Å². The molecule has 0 spiro atoms. The summed E-state index contributed by atoms with van der Waals surface area (Å²) >= 11 is 0. The predicted octanol–water partition coefficient (Wildman–Crippen LogP) is 5.46. The van der Waals surface area contributed by atoms with Crippen molar-refractivity contribution < 1.29 is 13.9 Å². The molecule has 1 aromatic rings. The second-order valence-electron chi connectivity index (χ2n) is 8.94. The SMILES string of the molecule is CCC(CC)CN(Cc1ccc(F)cc1)C1CCN(C(=O)OC(C)(C)C)CC1. The third-order valence-electron chi connectivity index (χ3n) is 5.58. The Hall–Kier alpha value is -1.62. The normalized spacial score (nSPS) is 16.1. The first-order valence-corrected chi connectivity index (χ1v) is 10.7. The number of carbonyl (C=O) groups is 1. The number of amides is 1. The zero-order valence-electron chi connectivity index (χ0n) is 18.2. The number of piperidine rings is 1. The molecule has 1 saturated heterocycles. The van der Waals surface area contributed by atoms with Crippen LogP contribution in [0.1, 0.15) is 65.9 Å². The Bertz CT molecular complexity index is 600.